The lowest BCUT2D eigenvalue weighted by atomic mass is 10.1. The van der Waals surface area contributed by atoms with Gasteiger partial charge in [-0.15, -0.1) is 6.58 Å². The maximum atomic E-state index is 13.0. The Morgan fingerprint density at radius 2 is 1.87 bits per heavy atom. The van der Waals surface area contributed by atoms with Crippen molar-refractivity contribution in [2.24, 2.45) is 0 Å². The first-order valence-corrected chi connectivity index (χ1v) is 7.92. The largest absolute Gasteiger partial charge is 0.280 e. The van der Waals surface area contributed by atoms with Crippen LogP contribution in [0.25, 0.3) is 10.9 Å². The minimum atomic E-state index is -0.0386. The van der Waals surface area contributed by atoms with E-state index in [9.17, 15) is 4.79 Å². The van der Waals surface area contributed by atoms with E-state index >= 15 is 0 Å². The van der Waals surface area contributed by atoms with Gasteiger partial charge in [0.25, 0.3) is 5.91 Å². The highest BCUT2D eigenvalue weighted by atomic mass is 35.5. The van der Waals surface area contributed by atoms with Gasteiger partial charge in [0, 0.05) is 21.7 Å². The molecule has 23 heavy (non-hydrogen) atoms. The fourth-order valence-electron chi connectivity index (χ4n) is 2.98. The number of hydrogen-bond donors (Lipinski definition) is 0. The Morgan fingerprint density at radius 1 is 1.17 bits per heavy atom. The Hall–Kier alpha value is -2.32. The molecule has 0 saturated carbocycles. The van der Waals surface area contributed by atoms with E-state index < -0.39 is 0 Å². The van der Waals surface area contributed by atoms with Gasteiger partial charge in [0.2, 0.25) is 0 Å². The van der Waals surface area contributed by atoms with Crippen molar-refractivity contribution in [1.82, 2.24) is 4.57 Å². The van der Waals surface area contributed by atoms with Gasteiger partial charge in [-0.25, -0.2) is 0 Å². The lowest BCUT2D eigenvalue weighted by Gasteiger charge is -2.07. The normalized spacial score (nSPS) is 10.9. The molecule has 0 N–H and O–H groups in total. The minimum absolute atomic E-state index is 0.0386. The van der Waals surface area contributed by atoms with Crippen LogP contribution in [-0.2, 0) is 6.42 Å². The number of hydrogen-bond acceptors (Lipinski definition) is 1. The number of benzene rings is 2. The molecule has 2 aromatic carbocycles. The molecule has 0 aliphatic rings. The molecular formula is C20H18ClNO. The van der Waals surface area contributed by atoms with Crippen LogP contribution in [0.4, 0.5) is 0 Å². The highest BCUT2D eigenvalue weighted by Crippen LogP contribution is 2.28. The van der Waals surface area contributed by atoms with E-state index in [0.717, 1.165) is 28.6 Å². The molecular weight excluding hydrogens is 306 g/mol. The van der Waals surface area contributed by atoms with Gasteiger partial charge >= 0.3 is 0 Å². The van der Waals surface area contributed by atoms with Crippen molar-refractivity contribution in [3.63, 3.8) is 0 Å². The van der Waals surface area contributed by atoms with Crippen LogP contribution in [0, 0.1) is 13.8 Å². The Morgan fingerprint density at radius 3 is 2.52 bits per heavy atom. The van der Waals surface area contributed by atoms with Crippen molar-refractivity contribution in [2.75, 3.05) is 0 Å². The first kappa shape index (κ1) is 15.6. The molecule has 0 unspecified atom stereocenters. The minimum Gasteiger partial charge on any atom is -0.280 e. The summed E-state index contributed by atoms with van der Waals surface area (Å²) in [5, 5.41) is 1.74. The molecule has 3 heteroatoms. The molecule has 0 atom stereocenters. The van der Waals surface area contributed by atoms with Crippen LogP contribution in [0.15, 0.2) is 55.1 Å². The molecule has 0 bridgehead atoms. The standard InChI is InChI=1S/C20H18ClNO/c1-4-5-17-14(3)22(19-11-6-13(2)12-18(17)19)20(23)15-7-9-16(21)10-8-15/h4,6-12H,1,5H2,2-3H3. The predicted molar refractivity (Wildman–Crippen MR) is 96.5 cm³/mol. The van der Waals surface area contributed by atoms with Gasteiger partial charge in [0.1, 0.15) is 0 Å². The smallest absolute Gasteiger partial charge is 0.262 e. The highest BCUT2D eigenvalue weighted by Gasteiger charge is 2.19. The monoisotopic (exact) mass is 323 g/mol. The van der Waals surface area contributed by atoms with Gasteiger partial charge < -0.3 is 0 Å². The number of allylic oxidation sites excluding steroid dienone is 1. The second kappa shape index (κ2) is 6.05. The van der Waals surface area contributed by atoms with Crippen molar-refractivity contribution < 1.29 is 4.79 Å². The number of aryl methyl sites for hydroxylation is 1. The van der Waals surface area contributed by atoms with E-state index in [2.05, 4.69) is 19.6 Å². The lowest BCUT2D eigenvalue weighted by molar-refractivity contribution is 0.0963. The quantitative estimate of drug-likeness (QED) is 0.597. The first-order chi connectivity index (χ1) is 11.0. The third-order valence-corrected chi connectivity index (χ3v) is 4.38. The Bertz CT molecular complexity index is 904. The number of fused-ring (bicyclic) bond motifs is 1. The molecule has 3 rings (SSSR count). The summed E-state index contributed by atoms with van der Waals surface area (Å²) in [5.41, 5.74) is 4.86. The average Bonchev–Trinajstić information content (AvgIpc) is 2.80. The maximum absolute atomic E-state index is 13.0. The fraction of sp³-hybridized carbons (Fsp3) is 0.150. The van der Waals surface area contributed by atoms with Crippen LogP contribution < -0.4 is 0 Å². The van der Waals surface area contributed by atoms with Crippen LogP contribution in [0.1, 0.15) is 27.2 Å². The average molecular weight is 324 g/mol. The number of rotatable bonds is 3. The zero-order valence-electron chi connectivity index (χ0n) is 13.3. The van der Waals surface area contributed by atoms with Gasteiger partial charge in [-0.1, -0.05) is 29.3 Å². The molecule has 0 aliphatic heterocycles. The highest BCUT2D eigenvalue weighted by molar-refractivity contribution is 6.30. The van der Waals surface area contributed by atoms with Gasteiger partial charge in [-0.05, 0) is 62.2 Å². The molecule has 1 aromatic heterocycles. The molecule has 0 spiro atoms. The van der Waals surface area contributed by atoms with Crippen LogP contribution in [0.5, 0.6) is 0 Å². The molecule has 3 aromatic rings. The van der Waals surface area contributed by atoms with E-state index in [1.165, 1.54) is 5.56 Å². The summed E-state index contributed by atoms with van der Waals surface area (Å²) in [6.07, 6.45) is 2.62. The van der Waals surface area contributed by atoms with Crippen LogP contribution in [-0.4, -0.2) is 10.5 Å². The Balaban J connectivity index is 2.24. The zero-order chi connectivity index (χ0) is 16.6. The summed E-state index contributed by atoms with van der Waals surface area (Å²) in [4.78, 5) is 13.0. The molecule has 0 fully saturated rings. The topological polar surface area (TPSA) is 22.0 Å². The SMILES string of the molecule is C=CCc1c(C)n(C(=O)c2ccc(Cl)cc2)c2ccc(C)cc12. The number of carbonyl (C=O) groups is 1. The van der Waals surface area contributed by atoms with E-state index in [0.29, 0.717) is 10.6 Å². The lowest BCUT2D eigenvalue weighted by Crippen LogP contribution is -2.13. The van der Waals surface area contributed by atoms with Gasteiger partial charge in [-0.3, -0.25) is 9.36 Å². The van der Waals surface area contributed by atoms with Gasteiger partial charge in [0.15, 0.2) is 0 Å². The summed E-state index contributed by atoms with van der Waals surface area (Å²) < 4.78 is 1.79. The Kier molecular flexibility index (Phi) is 4.10. The summed E-state index contributed by atoms with van der Waals surface area (Å²) in [6, 6.07) is 13.2. The van der Waals surface area contributed by atoms with Crippen molar-refractivity contribution in [2.45, 2.75) is 20.3 Å². The second-order valence-electron chi connectivity index (χ2n) is 5.72. The molecule has 116 valence electrons. The Labute approximate surface area is 141 Å². The molecule has 0 amide bonds. The van der Waals surface area contributed by atoms with Crippen molar-refractivity contribution in [1.29, 1.82) is 0 Å². The molecule has 2 nitrogen and oxygen atoms in total. The van der Waals surface area contributed by atoms with Crippen molar-refractivity contribution in [3.05, 3.63) is 82.5 Å². The number of halogens is 1. The summed E-state index contributed by atoms with van der Waals surface area (Å²) in [7, 11) is 0. The number of aromatic nitrogens is 1. The maximum Gasteiger partial charge on any atom is 0.262 e. The van der Waals surface area contributed by atoms with Crippen LogP contribution >= 0.6 is 11.6 Å². The third-order valence-electron chi connectivity index (χ3n) is 4.13. The second-order valence-corrected chi connectivity index (χ2v) is 6.16. The zero-order valence-corrected chi connectivity index (χ0v) is 14.0. The molecule has 0 saturated heterocycles. The predicted octanol–water partition coefficient (Wildman–Crippen LogP) is 5.33. The van der Waals surface area contributed by atoms with Crippen LogP contribution in [0.2, 0.25) is 5.02 Å². The van der Waals surface area contributed by atoms with Crippen LogP contribution in [0.3, 0.4) is 0 Å². The van der Waals surface area contributed by atoms with E-state index in [1.54, 1.807) is 28.8 Å². The number of nitrogens with zero attached hydrogens (tertiary/aromatic N) is 1. The van der Waals surface area contributed by atoms with E-state index in [4.69, 9.17) is 11.6 Å². The van der Waals surface area contributed by atoms with E-state index in [-0.39, 0.29) is 5.91 Å². The van der Waals surface area contributed by atoms with Crippen molar-refractivity contribution >= 4 is 28.4 Å². The summed E-state index contributed by atoms with van der Waals surface area (Å²) >= 11 is 5.92. The van der Waals surface area contributed by atoms with Gasteiger partial charge in [-0.2, -0.15) is 0 Å². The van der Waals surface area contributed by atoms with Crippen molar-refractivity contribution in [3.8, 4) is 0 Å². The molecule has 1 heterocycles. The summed E-state index contributed by atoms with van der Waals surface area (Å²) in [6.45, 7) is 7.89. The van der Waals surface area contributed by atoms with E-state index in [1.807, 2.05) is 25.1 Å². The summed E-state index contributed by atoms with van der Waals surface area (Å²) in [5.74, 6) is -0.0386. The third kappa shape index (κ3) is 2.71. The molecule has 0 aliphatic carbocycles. The van der Waals surface area contributed by atoms with Gasteiger partial charge in [0.05, 0.1) is 5.52 Å². The fourth-order valence-corrected chi connectivity index (χ4v) is 3.11. The number of carbonyl (C=O) groups excluding carboxylic acids is 1. The first-order valence-electron chi connectivity index (χ1n) is 7.54. The molecule has 0 radical (unpaired) electrons.